The van der Waals surface area contributed by atoms with E-state index in [1.807, 2.05) is 38.1 Å². The predicted molar refractivity (Wildman–Crippen MR) is 96.1 cm³/mol. The summed E-state index contributed by atoms with van der Waals surface area (Å²) in [5.41, 5.74) is 1.06. The van der Waals surface area contributed by atoms with Gasteiger partial charge in [0, 0.05) is 24.3 Å². The van der Waals surface area contributed by atoms with E-state index in [0.29, 0.717) is 18.6 Å². The molecule has 0 amide bonds. The van der Waals surface area contributed by atoms with Crippen molar-refractivity contribution in [3.05, 3.63) is 29.8 Å². The van der Waals surface area contributed by atoms with Crippen LogP contribution in [-0.4, -0.2) is 30.1 Å². The number of carbonyl (C=O) groups is 1. The quantitative estimate of drug-likeness (QED) is 0.790. The third-order valence-corrected chi connectivity index (χ3v) is 4.85. The van der Waals surface area contributed by atoms with E-state index < -0.39 is 0 Å². The van der Waals surface area contributed by atoms with Crippen molar-refractivity contribution in [3.8, 4) is 5.75 Å². The first-order valence-corrected chi connectivity index (χ1v) is 10.5. The van der Waals surface area contributed by atoms with Crippen LogP contribution in [0.3, 0.4) is 0 Å². The van der Waals surface area contributed by atoms with Crippen LogP contribution in [-0.2, 0) is 31.9 Å². The molecular weight excluding hydrogens is 314 g/mol. The van der Waals surface area contributed by atoms with E-state index in [2.05, 4.69) is 11.6 Å². The Morgan fingerprint density at radius 3 is 2.55 bits per heavy atom. The minimum Gasteiger partial charge on any atom is -0.490 e. The Labute approximate surface area is 140 Å². The summed E-state index contributed by atoms with van der Waals surface area (Å²) >= 11 is 5.17. The van der Waals surface area contributed by atoms with Crippen LogP contribution in [0.2, 0.25) is 0 Å². The maximum atomic E-state index is 11.7. The van der Waals surface area contributed by atoms with Crippen LogP contribution >= 0.6 is 0 Å². The van der Waals surface area contributed by atoms with Gasteiger partial charge in [-0.3, -0.25) is 4.79 Å². The molecule has 22 heavy (non-hydrogen) atoms. The zero-order valence-corrected chi connectivity index (χ0v) is 15.1. The normalized spacial score (nSPS) is 22.2. The molecule has 1 aliphatic rings. The first kappa shape index (κ1) is 17.6. The molecule has 1 aromatic rings. The fourth-order valence-corrected chi connectivity index (χ4v) is 3.02. The van der Waals surface area contributed by atoms with Gasteiger partial charge in [-0.2, -0.15) is 0 Å². The summed E-state index contributed by atoms with van der Waals surface area (Å²) in [5.74, 6) is 2.18. The van der Waals surface area contributed by atoms with Gasteiger partial charge >= 0.3 is 0 Å². The largest absolute Gasteiger partial charge is 0.490 e. The molecule has 0 aliphatic heterocycles. The Morgan fingerprint density at radius 1 is 1.36 bits per heavy atom. The smallest absolute Gasteiger partial charge is 0.139 e. The van der Waals surface area contributed by atoms with Crippen LogP contribution in [0.4, 0.5) is 0 Å². The van der Waals surface area contributed by atoms with Crippen molar-refractivity contribution in [1.29, 1.82) is 0 Å². The Hall–Kier alpha value is -0.780. The van der Waals surface area contributed by atoms with E-state index in [-0.39, 0.29) is 21.2 Å². The molecule has 3 nitrogen and oxygen atoms in total. The number of nitrogens with one attached hydrogen (secondary N) is 1. The van der Waals surface area contributed by atoms with Crippen LogP contribution in [0.5, 0.6) is 5.75 Å². The number of benzene rings is 1. The van der Waals surface area contributed by atoms with E-state index in [1.54, 1.807) is 0 Å². The molecule has 0 aromatic heterocycles. The maximum absolute atomic E-state index is 11.7. The fourth-order valence-electron chi connectivity index (χ4n) is 2.35. The molecule has 1 N–H and O–H groups in total. The Balaban J connectivity index is 1.74. The van der Waals surface area contributed by atoms with Crippen LogP contribution in [0.1, 0.15) is 32.3 Å². The zero-order chi connectivity index (χ0) is 16.1. The van der Waals surface area contributed by atoms with Gasteiger partial charge < -0.3 is 10.1 Å². The molecule has 0 radical (unpaired) electrons. The van der Waals surface area contributed by atoms with Gasteiger partial charge in [-0.05, 0) is 36.8 Å². The number of Topliss-reactive ketones (excluding diaryl/α,β-unsaturated/α-hetero) is 1. The number of carbonyl (C=O) groups excluding carboxylic acids is 1. The monoisotopic (exact) mass is 339 g/mol. The van der Waals surface area contributed by atoms with Gasteiger partial charge in [0.05, 0.1) is 0 Å². The second kappa shape index (κ2) is 8.18. The molecule has 2 rings (SSSR count). The Kier molecular flexibility index (Phi) is 6.53. The molecule has 1 saturated carbocycles. The maximum Gasteiger partial charge on any atom is 0.139 e. The molecule has 1 aliphatic carbocycles. The van der Waals surface area contributed by atoms with Gasteiger partial charge in [0.25, 0.3) is 0 Å². The molecule has 0 heterocycles. The highest BCUT2D eigenvalue weighted by Gasteiger charge is 2.30. The van der Waals surface area contributed by atoms with Gasteiger partial charge in [0.15, 0.2) is 0 Å². The van der Waals surface area contributed by atoms with E-state index >= 15 is 0 Å². The molecule has 1 fully saturated rings. The summed E-state index contributed by atoms with van der Waals surface area (Å²) in [6.07, 6.45) is 4.96. The molecule has 0 spiro atoms. The van der Waals surface area contributed by atoms with Gasteiger partial charge in [0.2, 0.25) is 0 Å². The second-order valence-electron chi connectivity index (χ2n) is 6.27. The number of hydrogen-bond acceptors (Lipinski definition) is 4. The van der Waals surface area contributed by atoms with Crippen molar-refractivity contribution in [3.63, 3.8) is 0 Å². The highest BCUT2D eigenvalue weighted by molar-refractivity contribution is 8.28. The third kappa shape index (κ3) is 5.45. The van der Waals surface area contributed by atoms with Crippen LogP contribution in [0.25, 0.3) is 0 Å². The van der Waals surface area contributed by atoms with E-state index in [0.717, 1.165) is 30.0 Å². The molecular formula is C17H25NO2S2. The van der Waals surface area contributed by atoms with Crippen LogP contribution in [0.15, 0.2) is 24.3 Å². The molecule has 5 heteroatoms. The SMILES string of the molecule is CC(C)C(=O)Cc1ccc(O[C@H]2C[C@H](NCS(C)=S)C2)cc1. The zero-order valence-electron chi connectivity index (χ0n) is 13.5. The van der Waals surface area contributed by atoms with E-state index in [9.17, 15) is 4.79 Å². The standard InChI is InChI=1S/C17H25NO2S2/c1-12(2)17(19)8-13-4-6-15(7-5-13)20-16-9-14(10-16)18-11-22(3)21/h4-7,12,14,16,18H,8-11H2,1-3H3/t14-,16-,22?. The summed E-state index contributed by atoms with van der Waals surface area (Å²) in [6, 6.07) is 8.46. The highest BCUT2D eigenvalue weighted by atomic mass is 32.8. The lowest BCUT2D eigenvalue weighted by molar-refractivity contribution is -0.121. The predicted octanol–water partition coefficient (Wildman–Crippen LogP) is 2.62. The molecule has 1 aromatic carbocycles. The average molecular weight is 340 g/mol. The first-order chi connectivity index (χ1) is 10.4. The second-order valence-corrected chi connectivity index (χ2v) is 9.41. The van der Waals surface area contributed by atoms with E-state index in [4.69, 9.17) is 15.9 Å². The summed E-state index contributed by atoms with van der Waals surface area (Å²) in [4.78, 5) is 11.7. The molecule has 0 saturated heterocycles. The average Bonchev–Trinajstić information content (AvgIpc) is 2.42. The summed E-state index contributed by atoms with van der Waals surface area (Å²) in [6.45, 7) is 3.88. The number of ether oxygens (including phenoxy) is 1. The Morgan fingerprint density at radius 2 is 2.00 bits per heavy atom. The van der Waals surface area contributed by atoms with Gasteiger partial charge in [-0.15, -0.1) is 9.45 Å². The molecule has 0 bridgehead atoms. The minimum atomic E-state index is 0.0396. The Bertz CT molecular complexity index is 522. The highest BCUT2D eigenvalue weighted by Crippen LogP contribution is 2.26. The molecule has 1 unspecified atom stereocenters. The van der Waals surface area contributed by atoms with Crippen LogP contribution < -0.4 is 10.1 Å². The lowest BCUT2D eigenvalue weighted by Gasteiger charge is -2.36. The topological polar surface area (TPSA) is 38.3 Å². The third-order valence-electron chi connectivity index (χ3n) is 3.92. The van der Waals surface area contributed by atoms with Crippen molar-refractivity contribution in [2.24, 2.45) is 5.92 Å². The van der Waals surface area contributed by atoms with Crippen molar-refractivity contribution in [2.75, 3.05) is 12.1 Å². The van der Waals surface area contributed by atoms with Crippen molar-refractivity contribution < 1.29 is 9.53 Å². The van der Waals surface area contributed by atoms with E-state index in [1.165, 1.54) is 0 Å². The van der Waals surface area contributed by atoms with Crippen molar-refractivity contribution >= 4 is 26.4 Å². The number of rotatable bonds is 8. The molecule has 1 atom stereocenters. The number of ketones is 1. The summed E-state index contributed by atoms with van der Waals surface area (Å²) < 4.78 is 5.95. The van der Waals surface area contributed by atoms with Crippen LogP contribution in [0, 0.1) is 5.92 Å². The lowest BCUT2D eigenvalue weighted by atomic mass is 9.89. The lowest BCUT2D eigenvalue weighted by Crippen LogP contribution is -2.47. The number of hydrogen-bond donors (Lipinski definition) is 1. The summed E-state index contributed by atoms with van der Waals surface area (Å²) in [7, 11) is 0.0396. The van der Waals surface area contributed by atoms with Crippen molar-refractivity contribution in [1.82, 2.24) is 5.32 Å². The summed E-state index contributed by atoms with van der Waals surface area (Å²) in [5, 5.41) is 3.47. The first-order valence-electron chi connectivity index (χ1n) is 7.75. The molecule has 122 valence electrons. The van der Waals surface area contributed by atoms with Gasteiger partial charge in [0.1, 0.15) is 17.6 Å². The van der Waals surface area contributed by atoms with Gasteiger partial charge in [-0.25, -0.2) is 0 Å². The van der Waals surface area contributed by atoms with Gasteiger partial charge in [-0.1, -0.05) is 37.2 Å². The fraction of sp³-hybridized carbons (Fsp3) is 0.588. The minimum absolute atomic E-state index is 0.0396. The van der Waals surface area contributed by atoms with Crippen molar-refractivity contribution in [2.45, 2.75) is 45.3 Å².